The van der Waals surface area contributed by atoms with Crippen molar-refractivity contribution in [3.05, 3.63) is 124 Å². The SMILES string of the molecule is CC(C)(C)c1ccc(N2c3cc(C45CC6CC(CC(C6)C4)C5)cc4c3B(c3sc5c(C(C)(C)C)cc(C(C)(C)C)cc5c32)c2sc3c(C(C)(C)C)cc(C(C)(C)C)cc3c2N4c2ccc(C(C)(C)C)cc2)cc1. The first-order chi connectivity index (χ1) is 33.9. The lowest BCUT2D eigenvalue weighted by atomic mass is 9.38. The Bertz CT molecular complexity index is 3140. The highest BCUT2D eigenvalue weighted by atomic mass is 32.1. The van der Waals surface area contributed by atoms with E-state index < -0.39 is 0 Å². The average molecular weight is 1000 g/mol. The van der Waals surface area contributed by atoms with Crippen molar-refractivity contribution in [3.63, 3.8) is 0 Å². The van der Waals surface area contributed by atoms with E-state index in [1.165, 1.54) is 141 Å². The first kappa shape index (κ1) is 49.6. The Morgan fingerprint density at radius 1 is 0.425 bits per heavy atom. The number of benzene rings is 5. The number of thiophene rings is 2. The smallest absolute Gasteiger partial charge is 0.277 e. The summed E-state index contributed by atoms with van der Waals surface area (Å²) >= 11 is 4.22. The van der Waals surface area contributed by atoms with Gasteiger partial charge in [0, 0.05) is 52.5 Å². The second-order valence-electron chi connectivity index (χ2n) is 30.3. The third kappa shape index (κ3) is 7.87. The van der Waals surface area contributed by atoms with Gasteiger partial charge in [-0.15, -0.1) is 22.7 Å². The molecule has 4 fully saturated rings. The lowest BCUT2D eigenvalue weighted by Crippen LogP contribution is -2.59. The number of nitrogens with zero attached hydrogens (tertiary/aromatic N) is 2. The highest BCUT2D eigenvalue weighted by Crippen LogP contribution is 2.63. The van der Waals surface area contributed by atoms with E-state index in [1.807, 2.05) is 0 Å². The molecule has 2 nitrogen and oxygen atoms in total. The third-order valence-corrected chi connectivity index (χ3v) is 21.0. The molecular weight excluding hydrogens is 920 g/mol. The van der Waals surface area contributed by atoms with E-state index in [4.69, 9.17) is 0 Å². The molecule has 6 aliphatic rings. The van der Waals surface area contributed by atoms with E-state index in [2.05, 4.69) is 242 Å². The second-order valence-corrected chi connectivity index (χ2v) is 32.4. The van der Waals surface area contributed by atoms with E-state index in [-0.39, 0.29) is 44.6 Å². The minimum atomic E-state index is -0.0495. The van der Waals surface area contributed by atoms with Crippen LogP contribution in [0.15, 0.2) is 84.9 Å². The first-order valence-corrected chi connectivity index (χ1v) is 29.7. The fraction of sp³-hybridized carbons (Fsp3) is 0.500. The Balaban J connectivity index is 1.27. The summed E-state index contributed by atoms with van der Waals surface area (Å²) < 4.78 is 5.88. The van der Waals surface area contributed by atoms with Gasteiger partial charge in [0.05, 0.1) is 11.4 Å². The maximum absolute atomic E-state index is 2.80. The normalized spacial score (nSPS) is 21.9. The van der Waals surface area contributed by atoms with Gasteiger partial charge in [0.1, 0.15) is 0 Å². The largest absolute Gasteiger partial charge is 0.310 e. The molecule has 0 N–H and O–H groups in total. The molecule has 0 atom stereocenters. The predicted octanol–water partition coefficient (Wildman–Crippen LogP) is 18.5. The molecule has 4 heterocycles. The van der Waals surface area contributed by atoms with Gasteiger partial charge >= 0.3 is 0 Å². The molecule has 13 rings (SSSR count). The lowest BCUT2D eigenvalue weighted by Gasteiger charge is -2.57. The number of hydrogen-bond acceptors (Lipinski definition) is 4. The first-order valence-electron chi connectivity index (χ1n) is 28.1. The van der Waals surface area contributed by atoms with Gasteiger partial charge in [0.25, 0.3) is 6.71 Å². The summed E-state index contributed by atoms with van der Waals surface area (Å²) in [6.45, 7) is 43.3. The van der Waals surface area contributed by atoms with Gasteiger partial charge in [0.2, 0.25) is 0 Å². The maximum atomic E-state index is 2.80. The molecule has 4 aliphatic carbocycles. The lowest BCUT2D eigenvalue weighted by molar-refractivity contribution is -0.00514. The molecule has 7 aromatic rings. The van der Waals surface area contributed by atoms with Crippen LogP contribution in [0.4, 0.5) is 34.1 Å². The molecule has 0 radical (unpaired) electrons. The van der Waals surface area contributed by atoms with Crippen molar-refractivity contribution in [2.24, 2.45) is 17.8 Å². The van der Waals surface area contributed by atoms with Crippen molar-refractivity contribution < 1.29 is 0 Å². The van der Waals surface area contributed by atoms with Crippen LogP contribution in [0.5, 0.6) is 0 Å². The van der Waals surface area contributed by atoms with Gasteiger partial charge in [-0.1, -0.05) is 161 Å². The number of fused-ring (bicyclic) bond motifs is 8. The minimum absolute atomic E-state index is 0.0196. The number of rotatable bonds is 3. The fourth-order valence-corrected chi connectivity index (χ4v) is 18.0. The summed E-state index contributed by atoms with van der Waals surface area (Å²) in [5, 5.41) is 2.83. The monoisotopic (exact) mass is 1000 g/mol. The highest BCUT2D eigenvalue weighted by Gasteiger charge is 2.54. The molecular formula is C68H83BN2S2. The molecule has 0 unspecified atom stereocenters. The summed E-state index contributed by atoms with van der Waals surface area (Å²) in [5.41, 5.74) is 19.9. The molecule has 380 valence electrons. The van der Waals surface area contributed by atoms with Gasteiger partial charge in [-0.25, -0.2) is 0 Å². The molecule has 0 spiro atoms. The summed E-state index contributed by atoms with van der Waals surface area (Å²) in [6, 6.07) is 35.6. The Morgan fingerprint density at radius 3 is 1.08 bits per heavy atom. The maximum Gasteiger partial charge on any atom is 0.277 e. The van der Waals surface area contributed by atoms with E-state index in [9.17, 15) is 0 Å². The quantitative estimate of drug-likeness (QED) is 0.163. The zero-order valence-corrected chi connectivity index (χ0v) is 49.5. The summed E-state index contributed by atoms with van der Waals surface area (Å²) in [4.78, 5) is 5.60. The van der Waals surface area contributed by atoms with Crippen LogP contribution in [0.3, 0.4) is 0 Å². The van der Waals surface area contributed by atoms with Crippen molar-refractivity contribution in [1.82, 2.24) is 0 Å². The van der Waals surface area contributed by atoms with Crippen molar-refractivity contribution in [2.75, 3.05) is 9.80 Å². The van der Waals surface area contributed by atoms with E-state index >= 15 is 0 Å². The minimum Gasteiger partial charge on any atom is -0.310 e. The molecule has 4 saturated carbocycles. The average Bonchev–Trinajstić information content (AvgIpc) is 3.85. The van der Waals surface area contributed by atoms with E-state index in [1.54, 1.807) is 5.56 Å². The zero-order chi connectivity index (χ0) is 52.1. The van der Waals surface area contributed by atoms with E-state index in [0.717, 1.165) is 17.8 Å². The summed E-state index contributed by atoms with van der Waals surface area (Å²) in [7, 11) is 0. The van der Waals surface area contributed by atoms with E-state index in [0.29, 0.717) is 0 Å². The highest BCUT2D eigenvalue weighted by molar-refractivity contribution is 7.41. The molecule has 4 bridgehead atoms. The van der Waals surface area contributed by atoms with Gasteiger partial charge in [-0.2, -0.15) is 0 Å². The van der Waals surface area contributed by atoms with Crippen LogP contribution in [0, 0.1) is 17.8 Å². The summed E-state index contributed by atoms with van der Waals surface area (Å²) in [6.07, 6.45) is 8.29. The van der Waals surface area contributed by atoms with Gasteiger partial charge in [-0.3, -0.25) is 0 Å². The third-order valence-electron chi connectivity index (χ3n) is 18.4. The van der Waals surface area contributed by atoms with Crippen LogP contribution in [0.1, 0.15) is 202 Å². The molecule has 73 heavy (non-hydrogen) atoms. The van der Waals surface area contributed by atoms with Gasteiger partial charge < -0.3 is 9.80 Å². The molecule has 0 amide bonds. The summed E-state index contributed by atoms with van der Waals surface area (Å²) in [5.74, 6) is 2.52. The molecule has 5 aromatic carbocycles. The standard InChI is InChI=1S/C68H83BN2S2/c1-62(2,3)42-19-23-47(24-20-42)70-53-34-46(68-36-39-27-40(37-68)29-41(28-39)38-68)35-54-55(53)69(60-56(70)49-30-44(64(7,8)9)32-51(58(49)72-60)66(13,14)15)61-57(71(54)48-25-21-43(22-26-48)63(4,5)6)50-31-45(65(10,11)12)33-52(59(50)73-61)67(16,17)18/h19-26,30-35,39-41H,27-29,36-38H2,1-18H3. The second kappa shape index (κ2) is 15.9. The van der Waals surface area contributed by atoms with Crippen LogP contribution < -0.4 is 24.8 Å². The Labute approximate surface area is 448 Å². The fourth-order valence-electron chi connectivity index (χ4n) is 14.7. The molecule has 2 aliphatic heterocycles. The van der Waals surface area contributed by atoms with Crippen LogP contribution in [-0.4, -0.2) is 6.71 Å². The Morgan fingerprint density at radius 2 is 0.767 bits per heavy atom. The van der Waals surface area contributed by atoms with Crippen LogP contribution in [0.2, 0.25) is 0 Å². The van der Waals surface area contributed by atoms with Crippen LogP contribution in [-0.2, 0) is 37.9 Å². The van der Waals surface area contributed by atoms with Crippen molar-refractivity contribution in [1.29, 1.82) is 0 Å². The predicted molar refractivity (Wildman–Crippen MR) is 323 cm³/mol. The van der Waals surface area contributed by atoms with Crippen molar-refractivity contribution in [3.8, 4) is 0 Å². The van der Waals surface area contributed by atoms with Gasteiger partial charge in [0.15, 0.2) is 0 Å². The van der Waals surface area contributed by atoms with Crippen molar-refractivity contribution >= 4 is 98.7 Å². The molecule has 0 saturated heterocycles. The van der Waals surface area contributed by atoms with Crippen molar-refractivity contribution in [2.45, 2.75) is 201 Å². The number of anilines is 6. The Hall–Kier alpha value is -4.32. The molecule has 5 heteroatoms. The van der Waals surface area contributed by atoms with Crippen LogP contribution >= 0.6 is 22.7 Å². The topological polar surface area (TPSA) is 6.48 Å². The zero-order valence-electron chi connectivity index (χ0n) is 47.8. The Kier molecular flexibility index (Phi) is 10.8. The van der Waals surface area contributed by atoms with Crippen LogP contribution in [0.25, 0.3) is 20.2 Å². The number of hydrogen-bond donors (Lipinski definition) is 0. The van der Waals surface area contributed by atoms with Gasteiger partial charge in [-0.05, 0) is 187 Å². The molecule has 2 aromatic heterocycles.